The van der Waals surface area contributed by atoms with Crippen LogP contribution in [-0.4, -0.2) is 27.1 Å². The predicted molar refractivity (Wildman–Crippen MR) is 128 cm³/mol. The summed E-state index contributed by atoms with van der Waals surface area (Å²) in [7, 11) is 0. The Morgan fingerprint density at radius 3 is 2.20 bits per heavy atom. The molecule has 0 radical (unpaired) electrons. The van der Waals surface area contributed by atoms with Crippen molar-refractivity contribution in [1.82, 2.24) is 10.2 Å². The molecular weight excluding hydrogens is 393 g/mol. The molecule has 3 rings (SSSR count). The van der Waals surface area contributed by atoms with E-state index in [0.29, 0.717) is 17.2 Å². The minimum absolute atomic E-state index is 0.0309. The first-order chi connectivity index (χ1) is 14.1. The summed E-state index contributed by atoms with van der Waals surface area (Å²) in [6.07, 6.45) is 2.79. The number of aryl methyl sites for hydroxylation is 1. The van der Waals surface area contributed by atoms with Gasteiger partial charge in [-0.2, -0.15) is 0 Å². The molecule has 0 aliphatic carbocycles. The van der Waals surface area contributed by atoms with Crippen LogP contribution in [0.3, 0.4) is 0 Å². The summed E-state index contributed by atoms with van der Waals surface area (Å²) in [6.45, 7) is 11.5. The van der Waals surface area contributed by atoms with Crippen molar-refractivity contribution in [3.05, 3.63) is 65.5 Å². The molecule has 1 heterocycles. The fourth-order valence-electron chi connectivity index (χ4n) is 4.80. The molecule has 0 saturated carbocycles. The first-order valence-electron chi connectivity index (χ1n) is 10.8. The standard InChI is InChI=1S/C25H34FN3S/c1-6-18-11-8-10-14-22(18)27-23(30)29(17-19-12-7-9-13-21(19)26)20-15-24(2,3)28-25(4,5)16-20/h7-14,20,28H,6,15-17H2,1-5H3,(H,27,30). The molecule has 3 nitrogen and oxygen atoms in total. The summed E-state index contributed by atoms with van der Waals surface area (Å²) in [5.74, 6) is -0.188. The lowest BCUT2D eigenvalue weighted by Gasteiger charge is -2.50. The predicted octanol–water partition coefficient (Wildman–Crippen LogP) is 5.90. The molecule has 162 valence electrons. The second-order valence-electron chi connectivity index (χ2n) is 9.62. The second kappa shape index (κ2) is 9.03. The second-order valence-corrected chi connectivity index (χ2v) is 10.0. The van der Waals surface area contributed by atoms with Crippen molar-refractivity contribution in [3.8, 4) is 0 Å². The molecule has 0 aromatic heterocycles. The maximum Gasteiger partial charge on any atom is 0.173 e. The average molecular weight is 428 g/mol. The average Bonchev–Trinajstić information content (AvgIpc) is 2.65. The molecule has 0 bridgehead atoms. The summed E-state index contributed by atoms with van der Waals surface area (Å²) >= 11 is 5.91. The van der Waals surface area contributed by atoms with Crippen molar-refractivity contribution in [3.63, 3.8) is 0 Å². The molecule has 0 unspecified atom stereocenters. The lowest BCUT2D eigenvalue weighted by Crippen LogP contribution is -2.63. The third-order valence-corrected chi connectivity index (χ3v) is 6.15. The molecule has 2 N–H and O–H groups in total. The molecule has 30 heavy (non-hydrogen) atoms. The van der Waals surface area contributed by atoms with Gasteiger partial charge in [-0.1, -0.05) is 43.3 Å². The first kappa shape index (κ1) is 22.7. The van der Waals surface area contributed by atoms with E-state index in [4.69, 9.17) is 12.2 Å². The van der Waals surface area contributed by atoms with Crippen LogP contribution in [0.1, 0.15) is 58.6 Å². The van der Waals surface area contributed by atoms with E-state index in [1.54, 1.807) is 6.07 Å². The smallest absolute Gasteiger partial charge is 0.173 e. The van der Waals surface area contributed by atoms with Gasteiger partial charge in [-0.3, -0.25) is 0 Å². The highest BCUT2D eigenvalue weighted by Crippen LogP contribution is 2.33. The number of nitrogens with one attached hydrogen (secondary N) is 2. The van der Waals surface area contributed by atoms with Crippen molar-refractivity contribution in [1.29, 1.82) is 0 Å². The molecule has 2 aromatic rings. The Morgan fingerprint density at radius 2 is 1.60 bits per heavy atom. The number of halogens is 1. The van der Waals surface area contributed by atoms with Crippen molar-refractivity contribution in [2.24, 2.45) is 0 Å². The Morgan fingerprint density at radius 1 is 1.03 bits per heavy atom. The number of rotatable bonds is 5. The summed E-state index contributed by atoms with van der Waals surface area (Å²) in [5, 5.41) is 7.85. The van der Waals surface area contributed by atoms with Gasteiger partial charge < -0.3 is 15.5 Å². The number of hydrogen-bond acceptors (Lipinski definition) is 2. The van der Waals surface area contributed by atoms with Crippen LogP contribution in [0.4, 0.5) is 10.1 Å². The van der Waals surface area contributed by atoms with Crippen molar-refractivity contribution in [2.75, 3.05) is 5.32 Å². The number of anilines is 1. The molecule has 2 aromatic carbocycles. The van der Waals surface area contributed by atoms with Crippen molar-refractivity contribution >= 4 is 23.0 Å². The normalized spacial score (nSPS) is 18.1. The maximum absolute atomic E-state index is 14.5. The largest absolute Gasteiger partial charge is 0.341 e. The highest BCUT2D eigenvalue weighted by molar-refractivity contribution is 7.80. The van der Waals surface area contributed by atoms with Crippen molar-refractivity contribution in [2.45, 2.75) is 77.5 Å². The van der Waals surface area contributed by atoms with E-state index in [0.717, 1.165) is 24.9 Å². The zero-order valence-corrected chi connectivity index (χ0v) is 19.6. The number of thiocarbonyl (C=S) groups is 1. The van der Waals surface area contributed by atoms with Crippen LogP contribution in [0, 0.1) is 5.82 Å². The topological polar surface area (TPSA) is 27.3 Å². The molecule has 1 aliphatic heterocycles. The number of benzene rings is 2. The highest BCUT2D eigenvalue weighted by atomic mass is 32.1. The van der Waals surface area contributed by atoms with E-state index in [1.807, 2.05) is 24.3 Å². The van der Waals surface area contributed by atoms with Gasteiger partial charge in [0.1, 0.15) is 5.82 Å². The molecule has 5 heteroatoms. The van der Waals surface area contributed by atoms with E-state index in [9.17, 15) is 4.39 Å². The van der Waals surface area contributed by atoms with Gasteiger partial charge in [0, 0.05) is 34.9 Å². The Kier molecular flexibility index (Phi) is 6.83. The fourth-order valence-corrected chi connectivity index (χ4v) is 5.13. The Labute approximate surface area is 186 Å². The van der Waals surface area contributed by atoms with Crippen LogP contribution < -0.4 is 10.6 Å². The van der Waals surface area contributed by atoms with Crippen LogP contribution in [0.2, 0.25) is 0 Å². The van der Waals surface area contributed by atoms with E-state index >= 15 is 0 Å². The van der Waals surface area contributed by atoms with Gasteiger partial charge in [0.25, 0.3) is 0 Å². The van der Waals surface area contributed by atoms with Crippen LogP contribution in [-0.2, 0) is 13.0 Å². The summed E-state index contributed by atoms with van der Waals surface area (Å²) in [5.41, 5.74) is 2.85. The number of nitrogens with zero attached hydrogens (tertiary/aromatic N) is 1. The van der Waals surface area contributed by atoms with E-state index in [-0.39, 0.29) is 22.9 Å². The third-order valence-electron chi connectivity index (χ3n) is 5.81. The summed E-state index contributed by atoms with van der Waals surface area (Å²) in [6, 6.07) is 15.4. The monoisotopic (exact) mass is 427 g/mol. The highest BCUT2D eigenvalue weighted by Gasteiger charge is 2.40. The van der Waals surface area contributed by atoms with E-state index < -0.39 is 0 Å². The van der Waals surface area contributed by atoms with Gasteiger partial charge in [-0.05, 0) is 76.9 Å². The van der Waals surface area contributed by atoms with Gasteiger partial charge in [-0.15, -0.1) is 0 Å². The molecule has 0 spiro atoms. The lowest BCUT2D eigenvalue weighted by molar-refractivity contribution is 0.101. The Hall–Kier alpha value is -1.98. The zero-order chi connectivity index (χ0) is 21.9. The number of para-hydroxylation sites is 1. The molecular formula is C25H34FN3S. The zero-order valence-electron chi connectivity index (χ0n) is 18.8. The minimum Gasteiger partial charge on any atom is -0.341 e. The number of hydrogen-bond donors (Lipinski definition) is 2. The Balaban J connectivity index is 1.92. The molecule has 0 atom stereocenters. The molecule has 0 amide bonds. The van der Waals surface area contributed by atoms with Crippen molar-refractivity contribution < 1.29 is 4.39 Å². The quantitative estimate of drug-likeness (QED) is 0.581. The molecule has 1 saturated heterocycles. The Bertz CT molecular complexity index is 877. The molecule has 1 fully saturated rings. The van der Waals surface area contributed by atoms with Gasteiger partial charge >= 0.3 is 0 Å². The van der Waals surface area contributed by atoms with Gasteiger partial charge in [0.05, 0.1) is 0 Å². The fraction of sp³-hybridized carbons (Fsp3) is 0.480. The minimum atomic E-state index is -0.188. The van der Waals surface area contributed by atoms with E-state index in [1.165, 1.54) is 11.6 Å². The third kappa shape index (κ3) is 5.58. The number of piperidine rings is 1. The van der Waals surface area contributed by atoms with Crippen LogP contribution in [0.5, 0.6) is 0 Å². The maximum atomic E-state index is 14.5. The van der Waals surface area contributed by atoms with E-state index in [2.05, 4.69) is 62.3 Å². The molecule has 1 aliphatic rings. The summed E-state index contributed by atoms with van der Waals surface area (Å²) in [4.78, 5) is 2.19. The van der Waals surface area contributed by atoms with Crippen LogP contribution in [0.25, 0.3) is 0 Å². The van der Waals surface area contributed by atoms with Gasteiger partial charge in [-0.25, -0.2) is 4.39 Å². The lowest BCUT2D eigenvalue weighted by atomic mass is 9.79. The van der Waals surface area contributed by atoms with Gasteiger partial charge in [0.15, 0.2) is 5.11 Å². The van der Waals surface area contributed by atoms with Crippen LogP contribution in [0.15, 0.2) is 48.5 Å². The first-order valence-corrected chi connectivity index (χ1v) is 11.2. The summed E-state index contributed by atoms with van der Waals surface area (Å²) < 4.78 is 14.5. The SMILES string of the molecule is CCc1ccccc1NC(=S)N(Cc1ccccc1F)C1CC(C)(C)NC(C)(C)C1. The van der Waals surface area contributed by atoms with Gasteiger partial charge in [0.2, 0.25) is 0 Å². The van der Waals surface area contributed by atoms with Crippen LogP contribution >= 0.6 is 12.2 Å².